The van der Waals surface area contributed by atoms with E-state index in [1.54, 1.807) is 6.26 Å². The summed E-state index contributed by atoms with van der Waals surface area (Å²) in [4.78, 5) is 6.22. The first-order valence-corrected chi connectivity index (χ1v) is 6.26. The van der Waals surface area contributed by atoms with E-state index in [1.165, 1.54) is 0 Å². The Hall–Kier alpha value is -1.72. The van der Waals surface area contributed by atoms with Gasteiger partial charge in [0.05, 0.1) is 11.8 Å². The molecule has 2 heterocycles. The Bertz CT molecular complexity index is 533. The van der Waals surface area contributed by atoms with E-state index in [-0.39, 0.29) is 6.54 Å². The molecule has 2 atom stereocenters. The predicted molar refractivity (Wildman–Crippen MR) is 68.1 cm³/mol. The first-order chi connectivity index (χ1) is 9.22. The van der Waals surface area contributed by atoms with Crippen molar-refractivity contribution in [2.75, 3.05) is 13.1 Å². The van der Waals surface area contributed by atoms with Crippen LogP contribution in [0.5, 0.6) is 0 Å². The number of rotatable bonds is 3. The molecule has 0 radical (unpaired) electrons. The number of aliphatic hydroxyl groups excluding tert-OH is 1. The van der Waals surface area contributed by atoms with Crippen molar-refractivity contribution in [2.45, 2.75) is 18.8 Å². The number of benzene rings is 1. The molecular formula is C14H15FN2O2. The summed E-state index contributed by atoms with van der Waals surface area (Å²) in [5.41, 5.74) is 1.67. The topological polar surface area (TPSA) is 49.5 Å². The fraction of sp³-hybridized carbons (Fsp3) is 0.357. The maximum Gasteiger partial charge on any atom is 0.226 e. The van der Waals surface area contributed by atoms with Crippen molar-refractivity contribution in [1.82, 2.24) is 9.88 Å². The summed E-state index contributed by atoms with van der Waals surface area (Å²) in [6.45, 7) is 1.08. The van der Waals surface area contributed by atoms with E-state index in [0.717, 1.165) is 11.3 Å². The zero-order chi connectivity index (χ0) is 13.2. The van der Waals surface area contributed by atoms with Crippen molar-refractivity contribution in [3.63, 3.8) is 0 Å². The quantitative estimate of drug-likeness (QED) is 0.917. The van der Waals surface area contributed by atoms with Gasteiger partial charge in [-0.05, 0) is 12.1 Å². The maximum atomic E-state index is 13.2. The lowest BCUT2D eigenvalue weighted by Crippen LogP contribution is -2.21. The number of nitrogens with zero attached hydrogens (tertiary/aromatic N) is 2. The van der Waals surface area contributed by atoms with Gasteiger partial charge < -0.3 is 9.52 Å². The number of hydrogen-bond donors (Lipinski definition) is 1. The van der Waals surface area contributed by atoms with Gasteiger partial charge >= 0.3 is 0 Å². The predicted octanol–water partition coefficient (Wildman–Crippen LogP) is 1.86. The van der Waals surface area contributed by atoms with Crippen molar-refractivity contribution in [2.24, 2.45) is 0 Å². The zero-order valence-electron chi connectivity index (χ0n) is 10.4. The fourth-order valence-corrected chi connectivity index (χ4v) is 2.27. The molecule has 1 aromatic carbocycles. The van der Waals surface area contributed by atoms with Crippen LogP contribution in [0.2, 0.25) is 0 Å². The van der Waals surface area contributed by atoms with Crippen LogP contribution < -0.4 is 0 Å². The number of aromatic nitrogens is 1. The van der Waals surface area contributed by atoms with Gasteiger partial charge in [0.25, 0.3) is 0 Å². The largest absolute Gasteiger partial charge is 0.444 e. The third kappa shape index (κ3) is 2.67. The third-order valence-electron chi connectivity index (χ3n) is 3.25. The summed E-state index contributed by atoms with van der Waals surface area (Å²) < 4.78 is 18.6. The average Bonchev–Trinajstić information content (AvgIpc) is 2.99. The molecule has 1 N–H and O–H groups in total. The Morgan fingerprint density at radius 2 is 2.11 bits per heavy atom. The average molecular weight is 262 g/mol. The van der Waals surface area contributed by atoms with Crippen LogP contribution in [0.15, 0.2) is 41.0 Å². The standard InChI is InChI=1S/C14H15FN2O2/c15-12-7-17(8-13(12)18)6-11-9-19-14(16-11)10-4-2-1-3-5-10/h1-5,9,12-13,18H,6-8H2/t12-,13-/m0/s1. The number of hydrogen-bond acceptors (Lipinski definition) is 4. The summed E-state index contributed by atoms with van der Waals surface area (Å²) in [6.07, 6.45) is -0.471. The molecule has 1 aliphatic rings. The summed E-state index contributed by atoms with van der Waals surface area (Å²) in [6, 6.07) is 9.62. The van der Waals surface area contributed by atoms with Gasteiger partial charge in [0.15, 0.2) is 0 Å². The lowest BCUT2D eigenvalue weighted by Gasteiger charge is -2.11. The van der Waals surface area contributed by atoms with Crippen LogP contribution in [0.4, 0.5) is 4.39 Å². The SMILES string of the molecule is O[C@H]1CN(Cc2coc(-c3ccccc3)n2)C[C@@H]1F. The van der Waals surface area contributed by atoms with Crippen LogP contribution in [0.1, 0.15) is 5.69 Å². The Labute approximate surface area is 110 Å². The molecule has 2 aromatic rings. The summed E-state index contributed by atoms with van der Waals surface area (Å²) in [7, 11) is 0. The highest BCUT2D eigenvalue weighted by Crippen LogP contribution is 2.20. The van der Waals surface area contributed by atoms with E-state index in [9.17, 15) is 9.50 Å². The second kappa shape index (κ2) is 5.11. The lowest BCUT2D eigenvalue weighted by atomic mass is 10.2. The minimum atomic E-state index is -1.17. The Morgan fingerprint density at radius 3 is 2.79 bits per heavy atom. The highest BCUT2D eigenvalue weighted by atomic mass is 19.1. The van der Waals surface area contributed by atoms with E-state index in [2.05, 4.69) is 4.98 Å². The van der Waals surface area contributed by atoms with E-state index in [4.69, 9.17) is 4.42 Å². The molecule has 0 unspecified atom stereocenters. The minimum absolute atomic E-state index is 0.245. The van der Waals surface area contributed by atoms with E-state index in [1.807, 2.05) is 35.2 Å². The van der Waals surface area contributed by atoms with Gasteiger partial charge in [0.1, 0.15) is 12.4 Å². The number of oxazole rings is 1. The monoisotopic (exact) mass is 262 g/mol. The Morgan fingerprint density at radius 1 is 1.32 bits per heavy atom. The van der Waals surface area contributed by atoms with Crippen LogP contribution in [0, 0.1) is 0 Å². The number of likely N-dealkylation sites (tertiary alicyclic amines) is 1. The Kier molecular flexibility index (Phi) is 3.31. The summed E-state index contributed by atoms with van der Waals surface area (Å²) >= 11 is 0. The zero-order valence-corrected chi connectivity index (χ0v) is 10.4. The lowest BCUT2D eigenvalue weighted by molar-refractivity contribution is 0.115. The molecular weight excluding hydrogens is 247 g/mol. The fourth-order valence-electron chi connectivity index (χ4n) is 2.27. The highest BCUT2D eigenvalue weighted by molar-refractivity contribution is 5.52. The van der Waals surface area contributed by atoms with Gasteiger partial charge in [0, 0.05) is 25.2 Å². The molecule has 0 amide bonds. The molecule has 1 aromatic heterocycles. The van der Waals surface area contributed by atoms with Gasteiger partial charge in [-0.2, -0.15) is 0 Å². The smallest absolute Gasteiger partial charge is 0.226 e. The highest BCUT2D eigenvalue weighted by Gasteiger charge is 2.31. The van der Waals surface area contributed by atoms with Crippen molar-refractivity contribution >= 4 is 0 Å². The molecule has 19 heavy (non-hydrogen) atoms. The van der Waals surface area contributed by atoms with Gasteiger partial charge in [-0.25, -0.2) is 9.37 Å². The van der Waals surface area contributed by atoms with Gasteiger partial charge in [-0.1, -0.05) is 18.2 Å². The molecule has 0 bridgehead atoms. The molecule has 0 aliphatic carbocycles. The first kappa shape index (κ1) is 12.3. The van der Waals surface area contributed by atoms with Gasteiger partial charge in [0.2, 0.25) is 5.89 Å². The third-order valence-corrected chi connectivity index (χ3v) is 3.25. The van der Waals surface area contributed by atoms with Crippen molar-refractivity contribution < 1.29 is 13.9 Å². The summed E-state index contributed by atoms with van der Waals surface area (Å²) in [5.74, 6) is 0.562. The molecule has 4 nitrogen and oxygen atoms in total. The molecule has 5 heteroatoms. The molecule has 3 rings (SSSR count). The van der Waals surface area contributed by atoms with Crippen LogP contribution in [0.3, 0.4) is 0 Å². The summed E-state index contributed by atoms with van der Waals surface area (Å²) in [5, 5.41) is 9.37. The molecule has 0 spiro atoms. The molecule has 100 valence electrons. The minimum Gasteiger partial charge on any atom is -0.444 e. The number of aliphatic hydroxyl groups is 1. The molecule has 0 saturated carbocycles. The van der Waals surface area contributed by atoms with E-state index in [0.29, 0.717) is 19.0 Å². The molecule has 1 aliphatic heterocycles. The van der Waals surface area contributed by atoms with Crippen LogP contribution >= 0.6 is 0 Å². The van der Waals surface area contributed by atoms with Gasteiger partial charge in [-0.3, -0.25) is 4.90 Å². The van der Waals surface area contributed by atoms with Crippen molar-refractivity contribution in [3.8, 4) is 11.5 Å². The van der Waals surface area contributed by atoms with E-state index >= 15 is 0 Å². The second-order valence-corrected chi connectivity index (χ2v) is 4.79. The molecule has 1 fully saturated rings. The van der Waals surface area contributed by atoms with Crippen LogP contribution in [-0.4, -0.2) is 40.4 Å². The first-order valence-electron chi connectivity index (χ1n) is 6.26. The van der Waals surface area contributed by atoms with Crippen molar-refractivity contribution in [3.05, 3.63) is 42.3 Å². The van der Waals surface area contributed by atoms with Gasteiger partial charge in [-0.15, -0.1) is 0 Å². The second-order valence-electron chi connectivity index (χ2n) is 4.79. The van der Waals surface area contributed by atoms with Crippen molar-refractivity contribution in [1.29, 1.82) is 0 Å². The maximum absolute atomic E-state index is 13.2. The number of halogens is 1. The van der Waals surface area contributed by atoms with Crippen LogP contribution in [0.25, 0.3) is 11.5 Å². The Balaban J connectivity index is 1.69. The van der Waals surface area contributed by atoms with E-state index < -0.39 is 12.3 Å². The van der Waals surface area contributed by atoms with Crippen LogP contribution in [-0.2, 0) is 6.54 Å². The normalized spacial score (nSPS) is 23.9. The molecule has 1 saturated heterocycles. The number of alkyl halides is 1. The number of β-amino-alcohol motifs (C(OH)–C–C–N with tert-alkyl or cyclic N) is 1.